The van der Waals surface area contributed by atoms with E-state index in [9.17, 15) is 0 Å². The summed E-state index contributed by atoms with van der Waals surface area (Å²) in [5, 5.41) is 8.50. The highest BCUT2D eigenvalue weighted by molar-refractivity contribution is 5.62. The van der Waals surface area contributed by atoms with Crippen LogP contribution in [0.3, 0.4) is 0 Å². The molecular formula is C11H13NO. The van der Waals surface area contributed by atoms with Gasteiger partial charge >= 0.3 is 0 Å². The van der Waals surface area contributed by atoms with Gasteiger partial charge < -0.3 is 5.21 Å². The van der Waals surface area contributed by atoms with Crippen LogP contribution in [0.2, 0.25) is 0 Å². The van der Waals surface area contributed by atoms with E-state index in [2.05, 4.69) is 41.9 Å². The summed E-state index contributed by atoms with van der Waals surface area (Å²) in [6.45, 7) is 0.642. The molecule has 0 aromatic heterocycles. The van der Waals surface area contributed by atoms with Crippen molar-refractivity contribution in [3.8, 4) is 0 Å². The predicted molar refractivity (Wildman–Crippen MR) is 52.6 cm³/mol. The Morgan fingerprint density at radius 2 is 2.15 bits per heavy atom. The Hall–Kier alpha value is -1.12. The highest BCUT2D eigenvalue weighted by Gasteiger charge is 2.15. The molecule has 1 unspecified atom stereocenters. The van der Waals surface area contributed by atoms with Gasteiger partial charge in [-0.05, 0) is 17.5 Å². The zero-order valence-corrected chi connectivity index (χ0v) is 7.40. The van der Waals surface area contributed by atoms with Crippen molar-refractivity contribution >= 4 is 6.08 Å². The molecule has 0 radical (unpaired) electrons. The summed E-state index contributed by atoms with van der Waals surface area (Å²) in [7, 11) is 0. The number of fused-ring (bicyclic) bond motifs is 1. The molecule has 0 aliphatic heterocycles. The maximum Gasteiger partial charge on any atom is 0.0216 e. The summed E-state index contributed by atoms with van der Waals surface area (Å²) in [5.74, 6) is 0.468. The van der Waals surface area contributed by atoms with Gasteiger partial charge in [-0.3, -0.25) is 0 Å². The van der Waals surface area contributed by atoms with Gasteiger partial charge in [0, 0.05) is 12.5 Å². The summed E-state index contributed by atoms with van der Waals surface area (Å²) in [6.07, 6.45) is 5.30. The summed E-state index contributed by atoms with van der Waals surface area (Å²) in [5.41, 5.74) is 4.88. The molecule has 0 heterocycles. The Kier molecular flexibility index (Phi) is 2.43. The standard InChI is InChI=1S/C11H13NO/c13-12-8-7-10-6-5-9-3-1-2-4-11(9)10/h1-6,10,12-13H,7-8H2. The van der Waals surface area contributed by atoms with E-state index in [0.29, 0.717) is 12.5 Å². The average Bonchev–Trinajstić information content (AvgIpc) is 2.58. The Bertz CT molecular complexity index is 320. The Labute approximate surface area is 77.9 Å². The van der Waals surface area contributed by atoms with Crippen molar-refractivity contribution in [1.29, 1.82) is 0 Å². The topological polar surface area (TPSA) is 32.3 Å². The Morgan fingerprint density at radius 3 is 3.00 bits per heavy atom. The number of rotatable bonds is 3. The second-order valence-electron chi connectivity index (χ2n) is 3.29. The molecule has 13 heavy (non-hydrogen) atoms. The second-order valence-corrected chi connectivity index (χ2v) is 3.29. The van der Waals surface area contributed by atoms with E-state index in [4.69, 9.17) is 5.21 Å². The molecule has 0 saturated carbocycles. The first-order chi connectivity index (χ1) is 6.42. The van der Waals surface area contributed by atoms with Gasteiger partial charge in [0.25, 0.3) is 0 Å². The lowest BCUT2D eigenvalue weighted by atomic mass is 9.98. The molecule has 2 nitrogen and oxygen atoms in total. The van der Waals surface area contributed by atoms with Crippen molar-refractivity contribution in [2.24, 2.45) is 0 Å². The average molecular weight is 175 g/mol. The zero-order chi connectivity index (χ0) is 9.10. The fourth-order valence-electron chi connectivity index (χ4n) is 1.80. The molecule has 68 valence electrons. The van der Waals surface area contributed by atoms with Crippen LogP contribution in [0.15, 0.2) is 30.3 Å². The lowest BCUT2D eigenvalue weighted by molar-refractivity contribution is 0.164. The van der Waals surface area contributed by atoms with Crippen molar-refractivity contribution in [2.75, 3.05) is 6.54 Å². The van der Waals surface area contributed by atoms with Crippen LogP contribution >= 0.6 is 0 Å². The number of nitrogens with one attached hydrogen (secondary N) is 1. The lowest BCUT2D eigenvalue weighted by Crippen LogP contribution is -2.11. The zero-order valence-electron chi connectivity index (χ0n) is 7.40. The second kappa shape index (κ2) is 3.73. The maximum absolute atomic E-state index is 8.50. The van der Waals surface area contributed by atoms with Crippen LogP contribution in [0, 0.1) is 0 Å². The third-order valence-electron chi connectivity index (χ3n) is 2.47. The first-order valence-electron chi connectivity index (χ1n) is 4.56. The van der Waals surface area contributed by atoms with Crippen molar-refractivity contribution in [3.05, 3.63) is 41.5 Å². The monoisotopic (exact) mass is 175 g/mol. The van der Waals surface area contributed by atoms with E-state index >= 15 is 0 Å². The number of hydroxylamine groups is 1. The van der Waals surface area contributed by atoms with Gasteiger partial charge in [0.05, 0.1) is 0 Å². The van der Waals surface area contributed by atoms with E-state index < -0.39 is 0 Å². The first-order valence-corrected chi connectivity index (χ1v) is 4.56. The van der Waals surface area contributed by atoms with Gasteiger partial charge in [0.15, 0.2) is 0 Å². The van der Waals surface area contributed by atoms with Gasteiger partial charge in [-0.1, -0.05) is 36.4 Å². The number of allylic oxidation sites excluding steroid dienone is 1. The van der Waals surface area contributed by atoms with E-state index in [1.807, 2.05) is 0 Å². The number of hydrogen-bond donors (Lipinski definition) is 2. The highest BCUT2D eigenvalue weighted by atomic mass is 16.5. The third kappa shape index (κ3) is 1.64. The van der Waals surface area contributed by atoms with Crippen LogP contribution in [-0.4, -0.2) is 11.8 Å². The minimum atomic E-state index is 0.468. The third-order valence-corrected chi connectivity index (χ3v) is 2.47. The van der Waals surface area contributed by atoms with E-state index in [0.717, 1.165) is 6.42 Å². The molecule has 1 aromatic rings. The smallest absolute Gasteiger partial charge is 0.0216 e. The minimum absolute atomic E-state index is 0.468. The van der Waals surface area contributed by atoms with E-state index in [1.165, 1.54) is 11.1 Å². The molecule has 1 atom stereocenters. The van der Waals surface area contributed by atoms with Crippen LogP contribution < -0.4 is 5.48 Å². The highest BCUT2D eigenvalue weighted by Crippen LogP contribution is 2.31. The quantitative estimate of drug-likeness (QED) is 0.690. The van der Waals surface area contributed by atoms with Gasteiger partial charge in [-0.2, -0.15) is 0 Å². The van der Waals surface area contributed by atoms with Crippen LogP contribution in [0.4, 0.5) is 0 Å². The fourth-order valence-corrected chi connectivity index (χ4v) is 1.80. The molecule has 0 fully saturated rings. The van der Waals surface area contributed by atoms with Crippen LogP contribution in [0.25, 0.3) is 6.08 Å². The SMILES string of the molecule is ONCCC1C=Cc2ccccc21. The summed E-state index contributed by atoms with van der Waals surface area (Å²) >= 11 is 0. The number of hydrogen-bond acceptors (Lipinski definition) is 2. The molecule has 2 heteroatoms. The fraction of sp³-hybridized carbons (Fsp3) is 0.273. The van der Waals surface area contributed by atoms with Crippen LogP contribution in [0.5, 0.6) is 0 Å². The van der Waals surface area contributed by atoms with Crippen LogP contribution in [-0.2, 0) is 0 Å². The first kappa shape index (κ1) is 8.48. The molecule has 1 aliphatic rings. The van der Waals surface area contributed by atoms with Gasteiger partial charge in [0.2, 0.25) is 0 Å². The van der Waals surface area contributed by atoms with Gasteiger partial charge in [-0.25, -0.2) is 5.48 Å². The lowest BCUT2D eigenvalue weighted by Gasteiger charge is -2.09. The molecule has 0 amide bonds. The predicted octanol–water partition coefficient (Wildman–Crippen LogP) is 2.17. The van der Waals surface area contributed by atoms with Crippen molar-refractivity contribution < 1.29 is 5.21 Å². The molecule has 0 bridgehead atoms. The molecule has 1 aliphatic carbocycles. The van der Waals surface area contributed by atoms with Crippen molar-refractivity contribution in [3.63, 3.8) is 0 Å². The van der Waals surface area contributed by atoms with Gasteiger partial charge in [0.1, 0.15) is 0 Å². The van der Waals surface area contributed by atoms with Crippen molar-refractivity contribution in [1.82, 2.24) is 5.48 Å². The van der Waals surface area contributed by atoms with E-state index in [-0.39, 0.29) is 0 Å². The summed E-state index contributed by atoms with van der Waals surface area (Å²) in [4.78, 5) is 0. The summed E-state index contributed by atoms with van der Waals surface area (Å²) < 4.78 is 0. The molecule has 1 aromatic carbocycles. The van der Waals surface area contributed by atoms with Gasteiger partial charge in [-0.15, -0.1) is 0 Å². The van der Waals surface area contributed by atoms with Crippen molar-refractivity contribution in [2.45, 2.75) is 12.3 Å². The molecule has 0 spiro atoms. The Morgan fingerprint density at radius 1 is 1.31 bits per heavy atom. The Balaban J connectivity index is 2.14. The minimum Gasteiger partial charge on any atom is -0.317 e. The maximum atomic E-state index is 8.50. The normalized spacial score (nSPS) is 19.0. The molecule has 0 saturated heterocycles. The molecule has 2 rings (SSSR count). The van der Waals surface area contributed by atoms with E-state index in [1.54, 1.807) is 0 Å². The van der Waals surface area contributed by atoms with Crippen LogP contribution in [0.1, 0.15) is 23.5 Å². The summed E-state index contributed by atoms with van der Waals surface area (Å²) in [6, 6.07) is 8.39. The number of benzene rings is 1. The largest absolute Gasteiger partial charge is 0.317 e. The molecular weight excluding hydrogens is 162 g/mol. The molecule has 2 N–H and O–H groups in total.